The first-order valence-corrected chi connectivity index (χ1v) is 11.3. The second-order valence-electron chi connectivity index (χ2n) is 8.68. The first-order chi connectivity index (χ1) is 15.2. The fraction of sp³-hybridized carbons (Fsp3) is 0.520. The lowest BCUT2D eigenvalue weighted by molar-refractivity contribution is -0.128. The van der Waals surface area contributed by atoms with Gasteiger partial charge in [-0.3, -0.25) is 14.7 Å². The Hall–Kier alpha value is -2.44. The van der Waals surface area contributed by atoms with Gasteiger partial charge in [0, 0.05) is 44.1 Å². The van der Waals surface area contributed by atoms with Crippen molar-refractivity contribution in [3.05, 3.63) is 59.9 Å². The number of piperidine rings is 1. The third-order valence-electron chi connectivity index (χ3n) is 6.78. The third-order valence-corrected chi connectivity index (χ3v) is 6.78. The Morgan fingerprint density at radius 3 is 2.74 bits per heavy atom. The number of methoxy groups -OCH3 is 1. The number of rotatable bonds is 7. The number of carbonyl (C=O) groups excluding carboxylic acids is 1. The number of benzene rings is 1. The summed E-state index contributed by atoms with van der Waals surface area (Å²) in [6.07, 6.45) is 8.63. The summed E-state index contributed by atoms with van der Waals surface area (Å²) < 4.78 is 11.0. The second-order valence-corrected chi connectivity index (χ2v) is 8.68. The third kappa shape index (κ3) is 5.25. The summed E-state index contributed by atoms with van der Waals surface area (Å²) in [5.74, 6) is 0.992. The molecule has 0 aliphatic carbocycles. The van der Waals surface area contributed by atoms with Crippen LogP contribution in [-0.2, 0) is 21.5 Å². The molecule has 1 unspecified atom stereocenters. The van der Waals surface area contributed by atoms with Crippen LogP contribution in [0.5, 0.6) is 5.75 Å². The van der Waals surface area contributed by atoms with E-state index < -0.39 is 0 Å². The molecule has 31 heavy (non-hydrogen) atoms. The van der Waals surface area contributed by atoms with E-state index in [-0.39, 0.29) is 17.4 Å². The van der Waals surface area contributed by atoms with Gasteiger partial charge in [0.2, 0.25) is 5.91 Å². The molecular formula is C25H33N3O3. The first kappa shape index (κ1) is 21.8. The van der Waals surface area contributed by atoms with Crippen LogP contribution in [0.4, 0.5) is 0 Å². The molecule has 2 fully saturated rings. The Morgan fingerprint density at radius 1 is 1.23 bits per heavy atom. The lowest BCUT2D eigenvalue weighted by atomic mass is 9.74. The van der Waals surface area contributed by atoms with Crippen LogP contribution in [-0.4, -0.2) is 55.2 Å². The Morgan fingerprint density at radius 2 is 2.03 bits per heavy atom. The predicted molar refractivity (Wildman–Crippen MR) is 120 cm³/mol. The fourth-order valence-electron chi connectivity index (χ4n) is 4.85. The highest BCUT2D eigenvalue weighted by Gasteiger charge is 2.36. The van der Waals surface area contributed by atoms with Crippen molar-refractivity contribution in [3.8, 4) is 5.75 Å². The molecule has 2 aromatic rings. The average Bonchev–Trinajstić information content (AvgIpc) is 2.84. The van der Waals surface area contributed by atoms with Crippen molar-refractivity contribution in [3.63, 3.8) is 0 Å². The number of aromatic nitrogens is 1. The zero-order valence-electron chi connectivity index (χ0n) is 18.4. The summed E-state index contributed by atoms with van der Waals surface area (Å²) in [4.78, 5) is 19.8. The number of hydrogen-bond donors (Lipinski definition) is 1. The first-order valence-electron chi connectivity index (χ1n) is 11.3. The van der Waals surface area contributed by atoms with E-state index in [4.69, 9.17) is 9.47 Å². The molecule has 2 aliphatic heterocycles. The highest BCUT2D eigenvalue weighted by molar-refractivity contribution is 5.82. The highest BCUT2D eigenvalue weighted by atomic mass is 16.5. The molecule has 1 N–H and O–H groups in total. The predicted octanol–water partition coefficient (Wildman–Crippen LogP) is 3.31. The van der Waals surface area contributed by atoms with E-state index in [1.807, 2.05) is 24.4 Å². The van der Waals surface area contributed by atoms with Gasteiger partial charge in [0.1, 0.15) is 5.75 Å². The summed E-state index contributed by atoms with van der Waals surface area (Å²) in [7, 11) is 1.68. The molecule has 0 radical (unpaired) electrons. The van der Waals surface area contributed by atoms with Gasteiger partial charge in [-0.2, -0.15) is 0 Å². The summed E-state index contributed by atoms with van der Waals surface area (Å²) in [6, 6.07) is 12.2. The van der Waals surface area contributed by atoms with Crippen molar-refractivity contribution in [2.45, 2.75) is 50.1 Å². The maximum atomic E-state index is 13.3. The summed E-state index contributed by atoms with van der Waals surface area (Å²) in [5.41, 5.74) is 2.30. The van der Waals surface area contributed by atoms with Gasteiger partial charge >= 0.3 is 0 Å². The largest absolute Gasteiger partial charge is 0.497 e. The van der Waals surface area contributed by atoms with Gasteiger partial charge in [0.25, 0.3) is 0 Å². The molecule has 1 atom stereocenters. The Kier molecular flexibility index (Phi) is 7.20. The van der Waals surface area contributed by atoms with E-state index in [2.05, 4.69) is 33.4 Å². The quantitative estimate of drug-likeness (QED) is 0.740. The molecule has 0 bridgehead atoms. The number of likely N-dealkylation sites (tertiary alicyclic amines) is 1. The van der Waals surface area contributed by atoms with E-state index in [9.17, 15) is 4.79 Å². The monoisotopic (exact) mass is 423 g/mol. The molecule has 1 amide bonds. The van der Waals surface area contributed by atoms with Gasteiger partial charge in [-0.1, -0.05) is 24.6 Å². The summed E-state index contributed by atoms with van der Waals surface area (Å²) in [6.45, 7) is 3.80. The number of ether oxygens (including phenoxy) is 2. The minimum atomic E-state index is -0.0942. The minimum absolute atomic E-state index is 0.0817. The zero-order valence-corrected chi connectivity index (χ0v) is 18.4. The highest BCUT2D eigenvalue weighted by Crippen LogP contribution is 2.35. The number of amides is 1. The number of pyridine rings is 1. The number of nitrogens with one attached hydrogen (secondary N) is 1. The van der Waals surface area contributed by atoms with Crippen LogP contribution >= 0.6 is 0 Å². The number of hydrogen-bond acceptors (Lipinski definition) is 5. The lowest BCUT2D eigenvalue weighted by Crippen LogP contribution is -2.52. The standard InChI is InChI=1S/C25H33N3O3/c1-30-22-9-7-21(8-10-22)25(11-15-31-16-12-25)19-27-24(29)23-6-2-3-14-28(23)18-20-5-4-13-26-17-20/h4-5,7-10,13,17,23H,2-3,6,11-12,14-16,18-19H2,1H3,(H,27,29). The van der Waals surface area contributed by atoms with Crippen molar-refractivity contribution in [2.75, 3.05) is 33.4 Å². The average molecular weight is 424 g/mol. The number of nitrogens with zero attached hydrogens (tertiary/aromatic N) is 2. The van der Waals surface area contributed by atoms with Gasteiger partial charge in [0.05, 0.1) is 13.2 Å². The van der Waals surface area contributed by atoms with Gasteiger partial charge in [0.15, 0.2) is 0 Å². The van der Waals surface area contributed by atoms with Crippen LogP contribution in [0.3, 0.4) is 0 Å². The zero-order chi connectivity index (χ0) is 21.5. The summed E-state index contributed by atoms with van der Waals surface area (Å²) in [5, 5.41) is 3.32. The normalized spacial score (nSPS) is 21.4. The van der Waals surface area contributed by atoms with Crippen LogP contribution in [0.1, 0.15) is 43.2 Å². The molecule has 2 saturated heterocycles. The van der Waals surface area contributed by atoms with Crippen molar-refractivity contribution < 1.29 is 14.3 Å². The lowest BCUT2D eigenvalue weighted by Gasteiger charge is -2.39. The molecule has 3 heterocycles. The van der Waals surface area contributed by atoms with Crippen LogP contribution < -0.4 is 10.1 Å². The van der Waals surface area contributed by atoms with Crippen molar-refractivity contribution in [1.29, 1.82) is 0 Å². The molecule has 2 aliphatic rings. The summed E-state index contributed by atoms with van der Waals surface area (Å²) >= 11 is 0. The molecule has 6 nitrogen and oxygen atoms in total. The van der Waals surface area contributed by atoms with E-state index in [1.165, 1.54) is 5.56 Å². The topological polar surface area (TPSA) is 63.7 Å². The van der Waals surface area contributed by atoms with Gasteiger partial charge < -0.3 is 14.8 Å². The van der Waals surface area contributed by atoms with Gasteiger partial charge in [-0.05, 0) is 61.6 Å². The SMILES string of the molecule is COc1ccc(C2(CNC(=O)C3CCCCN3Cc3cccnc3)CCOCC2)cc1. The molecule has 0 saturated carbocycles. The molecule has 166 valence electrons. The molecule has 4 rings (SSSR count). The maximum absolute atomic E-state index is 13.3. The van der Waals surface area contributed by atoms with Crippen molar-refractivity contribution in [1.82, 2.24) is 15.2 Å². The number of carbonyl (C=O) groups is 1. The Balaban J connectivity index is 1.45. The fourth-order valence-corrected chi connectivity index (χ4v) is 4.85. The van der Waals surface area contributed by atoms with Crippen LogP contribution in [0.15, 0.2) is 48.8 Å². The molecule has 1 aromatic heterocycles. The molecule has 6 heteroatoms. The van der Waals surface area contributed by atoms with Gasteiger partial charge in [-0.15, -0.1) is 0 Å². The van der Waals surface area contributed by atoms with Crippen molar-refractivity contribution in [2.24, 2.45) is 0 Å². The second kappa shape index (κ2) is 10.2. The van der Waals surface area contributed by atoms with Gasteiger partial charge in [-0.25, -0.2) is 0 Å². The molecular weight excluding hydrogens is 390 g/mol. The smallest absolute Gasteiger partial charge is 0.237 e. The van der Waals surface area contributed by atoms with E-state index in [1.54, 1.807) is 13.3 Å². The Bertz CT molecular complexity index is 835. The van der Waals surface area contributed by atoms with E-state index in [0.29, 0.717) is 6.54 Å². The van der Waals surface area contributed by atoms with Crippen LogP contribution in [0.2, 0.25) is 0 Å². The van der Waals surface area contributed by atoms with Crippen LogP contribution in [0, 0.1) is 0 Å². The molecule has 1 aromatic carbocycles. The van der Waals surface area contributed by atoms with Crippen molar-refractivity contribution >= 4 is 5.91 Å². The van der Waals surface area contributed by atoms with Crippen LogP contribution in [0.25, 0.3) is 0 Å². The Labute approximate surface area is 185 Å². The maximum Gasteiger partial charge on any atom is 0.237 e. The van der Waals surface area contributed by atoms with E-state index in [0.717, 1.165) is 69.7 Å². The molecule has 0 spiro atoms. The minimum Gasteiger partial charge on any atom is -0.497 e. The van der Waals surface area contributed by atoms with E-state index >= 15 is 0 Å².